The minimum absolute atomic E-state index is 0.0533. The highest BCUT2D eigenvalue weighted by Crippen LogP contribution is 2.19. The SMILES string of the molecule is CCCC(=O)NCC(=O)NCC1CCCN(Cc2cccs2)C1. The Balaban J connectivity index is 1.64. The van der Waals surface area contributed by atoms with E-state index in [1.54, 1.807) is 11.3 Å². The van der Waals surface area contributed by atoms with Gasteiger partial charge in [0.15, 0.2) is 0 Å². The molecule has 0 saturated carbocycles. The molecule has 1 fully saturated rings. The average molecular weight is 337 g/mol. The van der Waals surface area contributed by atoms with Crippen LogP contribution in [0.25, 0.3) is 0 Å². The number of hydrogen-bond donors (Lipinski definition) is 2. The quantitative estimate of drug-likeness (QED) is 0.763. The van der Waals surface area contributed by atoms with Gasteiger partial charge in [0, 0.05) is 30.9 Å². The number of hydrogen-bond acceptors (Lipinski definition) is 4. The molecule has 1 aromatic rings. The van der Waals surface area contributed by atoms with Crippen molar-refractivity contribution in [3.8, 4) is 0 Å². The first kappa shape index (κ1) is 17.9. The molecule has 0 aliphatic carbocycles. The fraction of sp³-hybridized carbons (Fsp3) is 0.647. The average Bonchev–Trinajstić information content (AvgIpc) is 3.04. The minimum atomic E-state index is -0.0927. The molecule has 2 amide bonds. The van der Waals surface area contributed by atoms with Gasteiger partial charge in [-0.2, -0.15) is 0 Å². The van der Waals surface area contributed by atoms with Crippen molar-refractivity contribution in [2.24, 2.45) is 5.92 Å². The smallest absolute Gasteiger partial charge is 0.239 e. The number of rotatable bonds is 8. The predicted octanol–water partition coefficient (Wildman–Crippen LogP) is 1.99. The van der Waals surface area contributed by atoms with Crippen molar-refractivity contribution in [1.29, 1.82) is 0 Å². The maximum absolute atomic E-state index is 11.8. The molecule has 1 saturated heterocycles. The monoisotopic (exact) mass is 337 g/mol. The van der Waals surface area contributed by atoms with Gasteiger partial charge in [0.1, 0.15) is 0 Å². The van der Waals surface area contributed by atoms with Crippen molar-refractivity contribution in [1.82, 2.24) is 15.5 Å². The number of carbonyl (C=O) groups excluding carboxylic acids is 2. The summed E-state index contributed by atoms with van der Waals surface area (Å²) in [5.41, 5.74) is 0. The molecule has 128 valence electrons. The summed E-state index contributed by atoms with van der Waals surface area (Å²) in [4.78, 5) is 27.0. The molecule has 0 spiro atoms. The molecule has 2 rings (SSSR count). The zero-order valence-electron chi connectivity index (χ0n) is 13.8. The zero-order valence-corrected chi connectivity index (χ0v) is 14.7. The number of carbonyl (C=O) groups is 2. The molecule has 1 atom stereocenters. The molecule has 23 heavy (non-hydrogen) atoms. The largest absolute Gasteiger partial charge is 0.354 e. The fourth-order valence-corrected chi connectivity index (χ4v) is 3.65. The first-order valence-corrected chi connectivity index (χ1v) is 9.33. The summed E-state index contributed by atoms with van der Waals surface area (Å²) >= 11 is 1.80. The number of nitrogens with one attached hydrogen (secondary N) is 2. The van der Waals surface area contributed by atoms with Crippen LogP contribution in [-0.4, -0.2) is 42.9 Å². The molecule has 1 aliphatic heterocycles. The Bertz CT molecular complexity index is 490. The Labute approximate surface area is 142 Å². The lowest BCUT2D eigenvalue weighted by atomic mass is 9.98. The van der Waals surface area contributed by atoms with Crippen LogP contribution in [-0.2, 0) is 16.1 Å². The van der Waals surface area contributed by atoms with Crippen LogP contribution in [0.15, 0.2) is 17.5 Å². The van der Waals surface area contributed by atoms with Crippen LogP contribution in [0.1, 0.15) is 37.5 Å². The van der Waals surface area contributed by atoms with Gasteiger partial charge >= 0.3 is 0 Å². The van der Waals surface area contributed by atoms with Crippen molar-refractivity contribution < 1.29 is 9.59 Å². The Morgan fingerprint density at radius 2 is 2.22 bits per heavy atom. The maximum atomic E-state index is 11.8. The Morgan fingerprint density at radius 3 is 2.96 bits per heavy atom. The van der Waals surface area contributed by atoms with Gasteiger partial charge in [-0.25, -0.2) is 0 Å². The number of amides is 2. The van der Waals surface area contributed by atoms with E-state index in [0.717, 1.165) is 32.5 Å². The summed E-state index contributed by atoms with van der Waals surface area (Å²) in [7, 11) is 0. The van der Waals surface area contributed by atoms with Gasteiger partial charge in [-0.15, -0.1) is 11.3 Å². The highest BCUT2D eigenvalue weighted by molar-refractivity contribution is 7.09. The third-order valence-electron chi connectivity index (χ3n) is 4.07. The van der Waals surface area contributed by atoms with Crippen molar-refractivity contribution in [3.63, 3.8) is 0 Å². The predicted molar refractivity (Wildman–Crippen MR) is 93.2 cm³/mol. The van der Waals surface area contributed by atoms with Crippen molar-refractivity contribution in [3.05, 3.63) is 22.4 Å². The van der Waals surface area contributed by atoms with E-state index in [1.807, 2.05) is 6.92 Å². The number of piperidine rings is 1. The lowest BCUT2D eigenvalue weighted by molar-refractivity contribution is -0.126. The van der Waals surface area contributed by atoms with Crippen molar-refractivity contribution in [2.75, 3.05) is 26.2 Å². The molecule has 6 heteroatoms. The number of likely N-dealkylation sites (tertiary alicyclic amines) is 1. The summed E-state index contributed by atoms with van der Waals surface area (Å²) in [6.45, 7) is 5.91. The van der Waals surface area contributed by atoms with E-state index < -0.39 is 0 Å². The van der Waals surface area contributed by atoms with E-state index in [2.05, 4.69) is 33.0 Å². The van der Waals surface area contributed by atoms with Crippen LogP contribution in [0, 0.1) is 5.92 Å². The number of nitrogens with zero attached hydrogens (tertiary/aromatic N) is 1. The third kappa shape index (κ3) is 6.71. The Hall–Kier alpha value is -1.40. The molecule has 1 aliphatic rings. The topological polar surface area (TPSA) is 61.4 Å². The van der Waals surface area contributed by atoms with E-state index in [9.17, 15) is 9.59 Å². The highest BCUT2D eigenvalue weighted by atomic mass is 32.1. The summed E-state index contributed by atoms with van der Waals surface area (Å²) in [5.74, 6) is 0.353. The molecule has 0 radical (unpaired) electrons. The molecule has 5 nitrogen and oxygen atoms in total. The van der Waals surface area contributed by atoms with Gasteiger partial charge in [0.05, 0.1) is 6.54 Å². The molecule has 1 unspecified atom stereocenters. The van der Waals surface area contributed by atoms with Gasteiger partial charge in [-0.3, -0.25) is 14.5 Å². The van der Waals surface area contributed by atoms with Crippen LogP contribution < -0.4 is 10.6 Å². The van der Waals surface area contributed by atoms with Gasteiger partial charge < -0.3 is 10.6 Å². The first-order valence-electron chi connectivity index (χ1n) is 8.45. The minimum Gasteiger partial charge on any atom is -0.354 e. The van der Waals surface area contributed by atoms with Gasteiger partial charge in [0.25, 0.3) is 0 Å². The van der Waals surface area contributed by atoms with Crippen LogP contribution >= 0.6 is 11.3 Å². The second-order valence-electron chi connectivity index (χ2n) is 6.15. The summed E-state index contributed by atoms with van der Waals surface area (Å²) < 4.78 is 0. The summed E-state index contributed by atoms with van der Waals surface area (Å²) in [6, 6.07) is 4.27. The molecular formula is C17H27N3O2S. The van der Waals surface area contributed by atoms with Crippen molar-refractivity contribution in [2.45, 2.75) is 39.2 Å². The molecular weight excluding hydrogens is 310 g/mol. The van der Waals surface area contributed by atoms with Crippen molar-refractivity contribution >= 4 is 23.2 Å². The molecule has 0 bridgehead atoms. The molecule has 0 aromatic carbocycles. The molecule has 2 heterocycles. The van der Waals surface area contributed by atoms with E-state index >= 15 is 0 Å². The fourth-order valence-electron chi connectivity index (χ4n) is 2.90. The lowest BCUT2D eigenvalue weighted by Crippen LogP contribution is -2.43. The summed E-state index contributed by atoms with van der Waals surface area (Å²) in [5, 5.41) is 7.72. The first-order chi connectivity index (χ1) is 11.2. The highest BCUT2D eigenvalue weighted by Gasteiger charge is 2.20. The normalized spacial score (nSPS) is 18.6. The van der Waals surface area contributed by atoms with E-state index in [-0.39, 0.29) is 18.4 Å². The van der Waals surface area contributed by atoms with Crippen LogP contribution in [0.4, 0.5) is 0 Å². The Kier molecular flexibility index (Phi) is 7.55. The maximum Gasteiger partial charge on any atom is 0.239 e. The van der Waals surface area contributed by atoms with E-state index in [1.165, 1.54) is 11.3 Å². The van der Waals surface area contributed by atoms with Crippen LogP contribution in [0.3, 0.4) is 0 Å². The molecule has 1 aromatic heterocycles. The summed E-state index contributed by atoms with van der Waals surface area (Å²) in [6.07, 6.45) is 3.62. The molecule has 2 N–H and O–H groups in total. The van der Waals surface area contributed by atoms with E-state index in [4.69, 9.17) is 0 Å². The van der Waals surface area contributed by atoms with Gasteiger partial charge in [-0.1, -0.05) is 13.0 Å². The second kappa shape index (κ2) is 9.67. The van der Waals surface area contributed by atoms with Crippen LogP contribution in [0.2, 0.25) is 0 Å². The third-order valence-corrected chi connectivity index (χ3v) is 4.93. The zero-order chi connectivity index (χ0) is 16.5. The standard InChI is InChI=1S/C17H27N3O2S/c1-2-5-16(21)19-11-17(22)18-10-14-6-3-8-20(12-14)13-15-7-4-9-23-15/h4,7,9,14H,2-3,5-6,8,10-13H2,1H3,(H,18,22)(H,19,21). The Morgan fingerprint density at radius 1 is 1.35 bits per heavy atom. The van der Waals surface area contributed by atoms with Crippen LogP contribution in [0.5, 0.6) is 0 Å². The van der Waals surface area contributed by atoms with E-state index in [0.29, 0.717) is 18.9 Å². The number of thiophene rings is 1. The second-order valence-corrected chi connectivity index (χ2v) is 7.19. The van der Waals surface area contributed by atoms with Gasteiger partial charge in [-0.05, 0) is 43.2 Å². The lowest BCUT2D eigenvalue weighted by Gasteiger charge is -2.32. The van der Waals surface area contributed by atoms with Gasteiger partial charge in [0.2, 0.25) is 11.8 Å².